The van der Waals surface area contributed by atoms with Gasteiger partial charge in [-0.25, -0.2) is 0 Å². The maximum atomic E-state index is 12.3. The van der Waals surface area contributed by atoms with Crippen molar-refractivity contribution in [1.82, 2.24) is 4.90 Å². The highest BCUT2D eigenvalue weighted by Crippen LogP contribution is 2.26. The topological polar surface area (TPSA) is 41.6 Å². The zero-order valence-corrected chi connectivity index (χ0v) is 15.3. The zero-order chi connectivity index (χ0) is 16.1. The molecule has 0 spiro atoms. The van der Waals surface area contributed by atoms with Gasteiger partial charge in [0.05, 0.1) is 0 Å². The Bertz CT molecular complexity index is 524. The summed E-state index contributed by atoms with van der Waals surface area (Å²) in [6.07, 6.45) is 8.09. The first-order chi connectivity index (χ1) is 11.2. The second kappa shape index (κ2) is 9.28. The van der Waals surface area contributed by atoms with Crippen LogP contribution in [0.5, 0.6) is 5.75 Å². The van der Waals surface area contributed by atoms with E-state index in [0.717, 1.165) is 50.2 Å². The Kier molecular flexibility index (Phi) is 7.38. The molecule has 24 heavy (non-hydrogen) atoms. The molecule has 1 saturated carbocycles. The number of piperidine rings is 1. The molecule has 1 amide bonds. The van der Waals surface area contributed by atoms with Gasteiger partial charge < -0.3 is 15.0 Å². The second-order valence-electron chi connectivity index (χ2n) is 6.97. The maximum Gasteiger partial charge on any atom is 0.227 e. The van der Waals surface area contributed by atoms with E-state index in [1.807, 2.05) is 24.3 Å². The van der Waals surface area contributed by atoms with E-state index >= 15 is 0 Å². The summed E-state index contributed by atoms with van der Waals surface area (Å²) in [6, 6.07) is 7.84. The fraction of sp³-hybridized carbons (Fsp3) is 0.632. The number of carbonyl (C=O) groups is 1. The first-order valence-electron chi connectivity index (χ1n) is 8.97. The average Bonchev–Trinajstić information content (AvgIpc) is 2.58. The minimum Gasteiger partial charge on any atom is -0.490 e. The highest BCUT2D eigenvalue weighted by atomic mass is 35.5. The van der Waals surface area contributed by atoms with Crippen LogP contribution < -0.4 is 10.1 Å². The number of likely N-dealkylation sites (tertiary alicyclic amines) is 1. The normalized spacial score (nSPS) is 20.2. The molecule has 1 aliphatic carbocycles. The van der Waals surface area contributed by atoms with Gasteiger partial charge in [0.1, 0.15) is 11.9 Å². The Hall–Kier alpha value is -1.26. The van der Waals surface area contributed by atoms with Gasteiger partial charge in [0.25, 0.3) is 0 Å². The van der Waals surface area contributed by atoms with Crippen LogP contribution in [0.2, 0.25) is 0 Å². The quantitative estimate of drug-likeness (QED) is 0.887. The van der Waals surface area contributed by atoms with Crippen LogP contribution in [0, 0.1) is 5.92 Å². The molecule has 134 valence electrons. The largest absolute Gasteiger partial charge is 0.490 e. The van der Waals surface area contributed by atoms with Crippen LogP contribution in [-0.2, 0) is 4.79 Å². The highest BCUT2D eigenvalue weighted by Gasteiger charge is 2.21. The van der Waals surface area contributed by atoms with Crippen molar-refractivity contribution in [3.63, 3.8) is 0 Å². The zero-order valence-electron chi connectivity index (χ0n) is 14.5. The molecule has 0 unspecified atom stereocenters. The van der Waals surface area contributed by atoms with Crippen molar-refractivity contribution in [2.45, 2.75) is 51.0 Å². The van der Waals surface area contributed by atoms with E-state index in [1.54, 1.807) is 0 Å². The fourth-order valence-corrected chi connectivity index (χ4v) is 3.55. The van der Waals surface area contributed by atoms with Gasteiger partial charge in [-0.3, -0.25) is 4.79 Å². The molecule has 0 radical (unpaired) electrons. The van der Waals surface area contributed by atoms with E-state index < -0.39 is 0 Å². The number of halogens is 1. The highest BCUT2D eigenvalue weighted by molar-refractivity contribution is 5.92. The number of carbonyl (C=O) groups excluding carboxylic acids is 1. The minimum absolute atomic E-state index is 0. The number of nitrogens with one attached hydrogen (secondary N) is 1. The summed E-state index contributed by atoms with van der Waals surface area (Å²) in [5.41, 5.74) is 0.853. The molecule has 3 rings (SSSR count). The molecule has 2 aliphatic rings. The summed E-state index contributed by atoms with van der Waals surface area (Å²) in [7, 11) is 2.15. The van der Waals surface area contributed by atoms with Crippen molar-refractivity contribution in [1.29, 1.82) is 0 Å². The summed E-state index contributed by atoms with van der Waals surface area (Å²) in [4.78, 5) is 14.7. The molecule has 1 aromatic carbocycles. The molecule has 2 fully saturated rings. The Labute approximate surface area is 151 Å². The molecular weight excluding hydrogens is 324 g/mol. The van der Waals surface area contributed by atoms with E-state index in [0.29, 0.717) is 0 Å². The van der Waals surface area contributed by atoms with Crippen molar-refractivity contribution in [3.05, 3.63) is 24.3 Å². The summed E-state index contributed by atoms with van der Waals surface area (Å²) in [6.45, 7) is 2.17. The van der Waals surface area contributed by atoms with Crippen LogP contribution in [0.1, 0.15) is 44.9 Å². The lowest BCUT2D eigenvalue weighted by Crippen LogP contribution is -2.35. The van der Waals surface area contributed by atoms with Gasteiger partial charge in [0.15, 0.2) is 0 Å². The van der Waals surface area contributed by atoms with Crippen molar-refractivity contribution in [2.75, 3.05) is 25.5 Å². The van der Waals surface area contributed by atoms with Gasteiger partial charge in [0, 0.05) is 30.8 Å². The van der Waals surface area contributed by atoms with Crippen LogP contribution in [0.4, 0.5) is 5.69 Å². The molecule has 1 aliphatic heterocycles. The number of rotatable bonds is 4. The molecular formula is C19H29ClN2O2. The summed E-state index contributed by atoms with van der Waals surface area (Å²) < 4.78 is 6.09. The number of amides is 1. The lowest BCUT2D eigenvalue weighted by atomic mass is 9.88. The molecule has 1 N–H and O–H groups in total. The Morgan fingerprint density at radius 2 is 1.83 bits per heavy atom. The van der Waals surface area contributed by atoms with E-state index in [1.165, 1.54) is 19.3 Å². The third-order valence-electron chi connectivity index (χ3n) is 5.05. The minimum atomic E-state index is 0. The van der Waals surface area contributed by atoms with Crippen molar-refractivity contribution in [3.8, 4) is 5.75 Å². The number of ether oxygens (including phenoxy) is 1. The number of nitrogens with zero attached hydrogens (tertiary/aromatic N) is 1. The summed E-state index contributed by atoms with van der Waals surface area (Å²) in [5.74, 6) is 1.21. The van der Waals surface area contributed by atoms with Gasteiger partial charge >= 0.3 is 0 Å². The standard InChI is InChI=1S/C19H28N2O2.ClH/c1-21-12-10-17(11-13-21)23-18-9-5-8-16(14-18)20-19(22)15-6-3-2-4-7-15;/h5,8-9,14-15,17H,2-4,6-7,10-13H2,1H3,(H,20,22);1H. The average molecular weight is 353 g/mol. The van der Waals surface area contributed by atoms with Gasteiger partial charge in [-0.2, -0.15) is 0 Å². The second-order valence-corrected chi connectivity index (χ2v) is 6.97. The number of hydrogen-bond donors (Lipinski definition) is 1. The van der Waals surface area contributed by atoms with Gasteiger partial charge in [-0.05, 0) is 44.9 Å². The number of hydrogen-bond acceptors (Lipinski definition) is 3. The monoisotopic (exact) mass is 352 g/mol. The Balaban J connectivity index is 0.00000208. The van der Waals surface area contributed by atoms with Crippen LogP contribution in [-0.4, -0.2) is 37.0 Å². The third-order valence-corrected chi connectivity index (χ3v) is 5.05. The Morgan fingerprint density at radius 3 is 2.54 bits per heavy atom. The van der Waals surface area contributed by atoms with Crippen LogP contribution in [0.15, 0.2) is 24.3 Å². The lowest BCUT2D eigenvalue weighted by Gasteiger charge is -2.29. The van der Waals surface area contributed by atoms with Gasteiger partial charge in [0.2, 0.25) is 5.91 Å². The molecule has 4 nitrogen and oxygen atoms in total. The lowest BCUT2D eigenvalue weighted by molar-refractivity contribution is -0.120. The van der Waals surface area contributed by atoms with E-state index in [-0.39, 0.29) is 30.3 Å². The smallest absolute Gasteiger partial charge is 0.227 e. The molecule has 1 aromatic rings. The van der Waals surface area contributed by atoms with Crippen molar-refractivity contribution >= 4 is 24.0 Å². The van der Waals surface area contributed by atoms with Crippen molar-refractivity contribution < 1.29 is 9.53 Å². The van der Waals surface area contributed by atoms with Crippen LogP contribution >= 0.6 is 12.4 Å². The van der Waals surface area contributed by atoms with E-state index in [4.69, 9.17) is 4.74 Å². The van der Waals surface area contributed by atoms with Gasteiger partial charge in [-0.1, -0.05) is 25.3 Å². The molecule has 1 saturated heterocycles. The molecule has 1 heterocycles. The number of anilines is 1. The molecule has 0 aromatic heterocycles. The molecule has 0 bridgehead atoms. The predicted molar refractivity (Wildman–Crippen MR) is 100 cm³/mol. The fourth-order valence-electron chi connectivity index (χ4n) is 3.55. The predicted octanol–water partition coefficient (Wildman–Crippen LogP) is 4.10. The van der Waals surface area contributed by atoms with Gasteiger partial charge in [-0.15, -0.1) is 12.4 Å². The van der Waals surface area contributed by atoms with Crippen molar-refractivity contribution in [2.24, 2.45) is 5.92 Å². The first kappa shape index (κ1) is 19.1. The molecule has 0 atom stereocenters. The summed E-state index contributed by atoms with van der Waals surface area (Å²) >= 11 is 0. The SMILES string of the molecule is CN1CCC(Oc2cccc(NC(=O)C3CCCCC3)c2)CC1.Cl. The van der Waals surface area contributed by atoms with Crippen LogP contribution in [0.3, 0.4) is 0 Å². The van der Waals surface area contributed by atoms with Crippen LogP contribution in [0.25, 0.3) is 0 Å². The molecule has 5 heteroatoms. The Morgan fingerprint density at radius 1 is 1.12 bits per heavy atom. The van der Waals surface area contributed by atoms with E-state index in [2.05, 4.69) is 17.3 Å². The third kappa shape index (κ3) is 5.38. The summed E-state index contributed by atoms with van der Waals surface area (Å²) in [5, 5.41) is 3.07. The number of benzene rings is 1. The van der Waals surface area contributed by atoms with E-state index in [9.17, 15) is 4.79 Å². The maximum absolute atomic E-state index is 12.3. The first-order valence-corrected chi connectivity index (χ1v) is 8.97.